The highest BCUT2D eigenvalue weighted by atomic mass is 16.4. The summed E-state index contributed by atoms with van der Waals surface area (Å²) in [6, 6.07) is -2.40. The summed E-state index contributed by atoms with van der Waals surface area (Å²) < 4.78 is 0. The lowest BCUT2D eigenvalue weighted by molar-refractivity contribution is -0.145. The Bertz CT molecular complexity index is 452. The first-order valence-corrected chi connectivity index (χ1v) is 6.53. The molecular weight excluding hydrogens is 282 g/mol. The minimum Gasteiger partial charge on any atom is -0.481 e. The maximum Gasteiger partial charge on any atom is 0.326 e. The maximum absolute atomic E-state index is 12.1. The smallest absolute Gasteiger partial charge is 0.326 e. The molecule has 1 heterocycles. The highest BCUT2D eigenvalue weighted by Crippen LogP contribution is 2.21. The maximum atomic E-state index is 12.1. The molecule has 9 nitrogen and oxygen atoms in total. The number of primary amides is 1. The van der Waals surface area contributed by atoms with Gasteiger partial charge in [-0.05, 0) is 19.8 Å². The first-order chi connectivity index (χ1) is 9.72. The number of piperidine rings is 1. The number of carbonyl (C=O) groups is 4. The standard InChI is InChI=1S/C12H19N3O6/c1-6-2-3-7(10(13)18)5-15(6)12(21)14-8(11(19)20)4-9(16)17/h6-8H,2-5H2,1H3,(H2,13,18)(H,14,21)(H,16,17)(H,19,20)/t6?,7?,8-/m1/s1. The monoisotopic (exact) mass is 301 g/mol. The Morgan fingerprint density at radius 1 is 1.29 bits per heavy atom. The average Bonchev–Trinajstić information content (AvgIpc) is 2.37. The molecule has 0 aliphatic carbocycles. The predicted octanol–water partition coefficient (Wildman–Crippen LogP) is -0.790. The van der Waals surface area contributed by atoms with Crippen molar-refractivity contribution in [2.24, 2.45) is 11.7 Å². The van der Waals surface area contributed by atoms with Crippen LogP contribution in [0.5, 0.6) is 0 Å². The Labute approximate surface area is 121 Å². The van der Waals surface area contributed by atoms with Crippen molar-refractivity contribution in [3.8, 4) is 0 Å². The van der Waals surface area contributed by atoms with E-state index in [4.69, 9.17) is 15.9 Å². The summed E-state index contributed by atoms with van der Waals surface area (Å²) in [4.78, 5) is 46.1. The fourth-order valence-electron chi connectivity index (χ4n) is 2.23. The van der Waals surface area contributed by atoms with Gasteiger partial charge in [0, 0.05) is 12.6 Å². The van der Waals surface area contributed by atoms with E-state index in [1.54, 1.807) is 6.92 Å². The molecule has 3 atom stereocenters. The number of nitrogens with two attached hydrogens (primary N) is 1. The number of carboxylic acids is 2. The predicted molar refractivity (Wildman–Crippen MR) is 70.3 cm³/mol. The molecule has 0 aromatic rings. The number of hydrogen-bond donors (Lipinski definition) is 4. The topological polar surface area (TPSA) is 150 Å². The minimum atomic E-state index is -1.52. The Morgan fingerprint density at radius 3 is 2.38 bits per heavy atom. The molecule has 1 rings (SSSR count). The number of urea groups is 1. The summed E-state index contributed by atoms with van der Waals surface area (Å²) in [6.45, 7) is 1.87. The summed E-state index contributed by atoms with van der Waals surface area (Å²) in [5, 5.41) is 19.7. The van der Waals surface area contributed by atoms with Gasteiger partial charge < -0.3 is 26.2 Å². The molecule has 0 bridgehead atoms. The molecule has 0 aromatic carbocycles. The molecule has 21 heavy (non-hydrogen) atoms. The second-order valence-electron chi connectivity index (χ2n) is 5.12. The molecule has 0 radical (unpaired) electrons. The zero-order valence-corrected chi connectivity index (χ0v) is 11.6. The first kappa shape index (κ1) is 16.7. The van der Waals surface area contributed by atoms with Crippen LogP contribution in [0.15, 0.2) is 0 Å². The molecule has 118 valence electrons. The molecule has 1 saturated heterocycles. The number of nitrogens with one attached hydrogen (secondary N) is 1. The van der Waals surface area contributed by atoms with Crippen molar-refractivity contribution in [3.63, 3.8) is 0 Å². The molecule has 1 fully saturated rings. The first-order valence-electron chi connectivity index (χ1n) is 6.53. The highest BCUT2D eigenvalue weighted by Gasteiger charge is 2.33. The van der Waals surface area contributed by atoms with Gasteiger partial charge in [-0.1, -0.05) is 0 Å². The van der Waals surface area contributed by atoms with Crippen molar-refractivity contribution >= 4 is 23.9 Å². The number of rotatable bonds is 5. The van der Waals surface area contributed by atoms with Crippen molar-refractivity contribution < 1.29 is 29.4 Å². The highest BCUT2D eigenvalue weighted by molar-refractivity contribution is 5.86. The van der Waals surface area contributed by atoms with E-state index in [1.165, 1.54) is 4.90 Å². The van der Waals surface area contributed by atoms with Gasteiger partial charge in [0.05, 0.1) is 12.3 Å². The van der Waals surface area contributed by atoms with Crippen LogP contribution >= 0.6 is 0 Å². The lowest BCUT2D eigenvalue weighted by Crippen LogP contribution is -2.55. The third-order valence-electron chi connectivity index (χ3n) is 3.52. The van der Waals surface area contributed by atoms with Crippen LogP contribution < -0.4 is 11.1 Å². The van der Waals surface area contributed by atoms with Gasteiger partial charge in [-0.3, -0.25) is 9.59 Å². The van der Waals surface area contributed by atoms with E-state index in [0.717, 1.165) is 0 Å². The molecule has 1 aliphatic heterocycles. The summed E-state index contributed by atoms with van der Waals surface area (Å²) in [5.74, 6) is -3.75. The van der Waals surface area contributed by atoms with E-state index in [2.05, 4.69) is 5.32 Å². The second-order valence-corrected chi connectivity index (χ2v) is 5.12. The molecule has 0 spiro atoms. The zero-order chi connectivity index (χ0) is 16.2. The minimum absolute atomic E-state index is 0.0990. The van der Waals surface area contributed by atoms with E-state index < -0.39 is 42.3 Å². The van der Waals surface area contributed by atoms with Crippen molar-refractivity contribution in [3.05, 3.63) is 0 Å². The second kappa shape index (κ2) is 6.91. The molecular formula is C12H19N3O6. The number of carbonyl (C=O) groups excluding carboxylic acids is 2. The molecule has 0 aromatic heterocycles. The van der Waals surface area contributed by atoms with E-state index >= 15 is 0 Å². The fraction of sp³-hybridized carbons (Fsp3) is 0.667. The van der Waals surface area contributed by atoms with Crippen LogP contribution in [0.1, 0.15) is 26.2 Å². The lowest BCUT2D eigenvalue weighted by atomic mass is 9.93. The van der Waals surface area contributed by atoms with Gasteiger partial charge in [0.25, 0.3) is 0 Å². The normalized spacial score (nSPS) is 23.2. The molecule has 2 unspecified atom stereocenters. The number of amides is 3. The quantitative estimate of drug-likeness (QED) is 0.522. The Kier molecular flexibility index (Phi) is 5.51. The van der Waals surface area contributed by atoms with Crippen LogP contribution in [0.25, 0.3) is 0 Å². The number of carboxylic acid groups (broad SMARTS) is 2. The molecule has 0 saturated carbocycles. The van der Waals surface area contributed by atoms with Crippen molar-refractivity contribution in [2.75, 3.05) is 6.54 Å². The van der Waals surface area contributed by atoms with E-state index in [0.29, 0.717) is 12.8 Å². The number of hydrogen-bond acceptors (Lipinski definition) is 4. The summed E-state index contributed by atoms with van der Waals surface area (Å²) >= 11 is 0. The van der Waals surface area contributed by atoms with E-state index in [-0.39, 0.29) is 12.6 Å². The third-order valence-corrected chi connectivity index (χ3v) is 3.52. The summed E-state index contributed by atoms with van der Waals surface area (Å²) in [5.41, 5.74) is 5.22. The van der Waals surface area contributed by atoms with E-state index in [1.807, 2.05) is 0 Å². The summed E-state index contributed by atoms with van der Waals surface area (Å²) in [7, 11) is 0. The lowest BCUT2D eigenvalue weighted by Gasteiger charge is -2.37. The molecule has 5 N–H and O–H groups in total. The van der Waals surface area contributed by atoms with Crippen molar-refractivity contribution in [1.82, 2.24) is 10.2 Å². The van der Waals surface area contributed by atoms with Gasteiger partial charge in [-0.15, -0.1) is 0 Å². The summed E-state index contributed by atoms with van der Waals surface area (Å²) in [6.07, 6.45) is 0.415. The zero-order valence-electron chi connectivity index (χ0n) is 11.6. The van der Waals surface area contributed by atoms with Crippen LogP contribution in [-0.2, 0) is 14.4 Å². The Hall–Kier alpha value is -2.32. The SMILES string of the molecule is CC1CCC(C(N)=O)CN1C(=O)N[C@H](CC(=O)O)C(=O)O. The number of aliphatic carboxylic acids is 2. The van der Waals surface area contributed by atoms with Gasteiger partial charge in [0.1, 0.15) is 6.04 Å². The van der Waals surface area contributed by atoms with Crippen LogP contribution in [-0.4, -0.2) is 57.6 Å². The van der Waals surface area contributed by atoms with Gasteiger partial charge in [-0.2, -0.15) is 0 Å². The van der Waals surface area contributed by atoms with Gasteiger partial charge in [0.15, 0.2) is 0 Å². The fourth-order valence-corrected chi connectivity index (χ4v) is 2.23. The van der Waals surface area contributed by atoms with Gasteiger partial charge in [0.2, 0.25) is 5.91 Å². The molecule has 9 heteroatoms. The largest absolute Gasteiger partial charge is 0.481 e. The van der Waals surface area contributed by atoms with Crippen LogP contribution in [0, 0.1) is 5.92 Å². The number of nitrogens with zero attached hydrogens (tertiary/aromatic N) is 1. The third kappa shape index (κ3) is 4.62. The average molecular weight is 301 g/mol. The van der Waals surface area contributed by atoms with Crippen LogP contribution in [0.4, 0.5) is 4.79 Å². The van der Waals surface area contributed by atoms with Crippen LogP contribution in [0.2, 0.25) is 0 Å². The van der Waals surface area contributed by atoms with Crippen molar-refractivity contribution in [2.45, 2.75) is 38.3 Å². The molecule has 1 aliphatic rings. The Balaban J connectivity index is 2.73. The van der Waals surface area contributed by atoms with Crippen LogP contribution in [0.3, 0.4) is 0 Å². The van der Waals surface area contributed by atoms with E-state index in [9.17, 15) is 19.2 Å². The Morgan fingerprint density at radius 2 is 1.90 bits per heavy atom. The van der Waals surface area contributed by atoms with Crippen molar-refractivity contribution in [1.29, 1.82) is 0 Å². The van der Waals surface area contributed by atoms with Gasteiger partial charge >= 0.3 is 18.0 Å². The van der Waals surface area contributed by atoms with Gasteiger partial charge in [-0.25, -0.2) is 9.59 Å². The molecule has 3 amide bonds. The number of likely N-dealkylation sites (tertiary alicyclic amines) is 1.